The number of aryl methyl sites for hydroxylation is 1. The van der Waals surface area contributed by atoms with Crippen molar-refractivity contribution in [1.29, 1.82) is 0 Å². The molecule has 12 heavy (non-hydrogen) atoms. The van der Waals surface area contributed by atoms with Crippen LogP contribution in [0.25, 0.3) is 0 Å². The minimum atomic E-state index is -0.740. The second-order valence-electron chi connectivity index (χ2n) is 2.26. The molecule has 0 unspecified atom stereocenters. The van der Waals surface area contributed by atoms with Crippen LogP contribution in [0.3, 0.4) is 0 Å². The van der Waals surface area contributed by atoms with Crippen LogP contribution in [-0.4, -0.2) is 26.5 Å². The van der Waals surface area contributed by atoms with Crippen molar-refractivity contribution in [2.75, 3.05) is 6.61 Å². The molecule has 0 aliphatic carbocycles. The van der Waals surface area contributed by atoms with Gasteiger partial charge in [-0.1, -0.05) is 0 Å². The van der Waals surface area contributed by atoms with Crippen molar-refractivity contribution in [2.24, 2.45) is 0 Å². The topological polar surface area (TPSA) is 88.0 Å². The van der Waals surface area contributed by atoms with Gasteiger partial charge >= 0.3 is 11.1 Å². The van der Waals surface area contributed by atoms with Gasteiger partial charge in [-0.3, -0.25) is 14.2 Å². The standard InChI is InChI=1S/C6H9N3O3/c10-3-1-2-9-4-7-8-5(11)6(9)12/h4,10H,1-3H2,(H,8,11). The van der Waals surface area contributed by atoms with Gasteiger partial charge in [0.05, 0.1) is 0 Å². The van der Waals surface area contributed by atoms with E-state index in [0.29, 0.717) is 13.0 Å². The summed E-state index contributed by atoms with van der Waals surface area (Å²) in [4.78, 5) is 21.7. The number of rotatable bonds is 3. The molecule has 6 heteroatoms. The van der Waals surface area contributed by atoms with E-state index in [2.05, 4.69) is 5.10 Å². The van der Waals surface area contributed by atoms with Crippen molar-refractivity contribution in [1.82, 2.24) is 14.8 Å². The van der Waals surface area contributed by atoms with Crippen molar-refractivity contribution in [2.45, 2.75) is 13.0 Å². The van der Waals surface area contributed by atoms with Gasteiger partial charge < -0.3 is 5.11 Å². The zero-order valence-corrected chi connectivity index (χ0v) is 6.36. The van der Waals surface area contributed by atoms with Crippen LogP contribution in [0.15, 0.2) is 15.9 Å². The maximum absolute atomic E-state index is 11.0. The van der Waals surface area contributed by atoms with E-state index in [9.17, 15) is 9.59 Å². The highest BCUT2D eigenvalue weighted by molar-refractivity contribution is 4.73. The first-order valence-electron chi connectivity index (χ1n) is 3.50. The van der Waals surface area contributed by atoms with Crippen molar-refractivity contribution in [3.05, 3.63) is 27.0 Å². The number of aromatic amines is 1. The molecule has 1 heterocycles. The van der Waals surface area contributed by atoms with Crippen LogP contribution in [0.4, 0.5) is 0 Å². The lowest BCUT2D eigenvalue weighted by atomic mass is 10.4. The van der Waals surface area contributed by atoms with E-state index in [4.69, 9.17) is 5.11 Å². The van der Waals surface area contributed by atoms with Gasteiger partial charge in [0.2, 0.25) is 0 Å². The minimum absolute atomic E-state index is 0.0146. The molecule has 0 aliphatic rings. The van der Waals surface area contributed by atoms with Gasteiger partial charge in [-0.05, 0) is 6.42 Å². The van der Waals surface area contributed by atoms with Crippen LogP contribution in [-0.2, 0) is 6.54 Å². The molecule has 0 atom stereocenters. The van der Waals surface area contributed by atoms with Crippen molar-refractivity contribution in [3.63, 3.8) is 0 Å². The third kappa shape index (κ3) is 1.79. The molecule has 0 amide bonds. The number of nitrogens with zero attached hydrogens (tertiary/aromatic N) is 2. The van der Waals surface area contributed by atoms with E-state index in [1.54, 1.807) is 0 Å². The smallest absolute Gasteiger partial charge is 0.330 e. The van der Waals surface area contributed by atoms with E-state index >= 15 is 0 Å². The number of aromatic nitrogens is 3. The number of aliphatic hydroxyl groups excluding tert-OH is 1. The largest absolute Gasteiger partial charge is 0.396 e. The fourth-order valence-electron chi connectivity index (χ4n) is 0.788. The number of H-pyrrole nitrogens is 1. The average Bonchev–Trinajstić information content (AvgIpc) is 2.08. The van der Waals surface area contributed by atoms with Gasteiger partial charge in [-0.15, -0.1) is 0 Å². The Morgan fingerprint density at radius 3 is 3.00 bits per heavy atom. The molecule has 6 nitrogen and oxygen atoms in total. The minimum Gasteiger partial charge on any atom is -0.396 e. The Labute approximate surface area is 67.5 Å². The first-order chi connectivity index (χ1) is 5.75. The van der Waals surface area contributed by atoms with Crippen LogP contribution >= 0.6 is 0 Å². The molecule has 0 spiro atoms. The molecule has 0 saturated carbocycles. The predicted octanol–water partition coefficient (Wildman–Crippen LogP) is -1.69. The van der Waals surface area contributed by atoms with E-state index in [0.717, 1.165) is 4.57 Å². The van der Waals surface area contributed by atoms with Gasteiger partial charge in [0.15, 0.2) is 0 Å². The fraction of sp³-hybridized carbons (Fsp3) is 0.500. The highest BCUT2D eigenvalue weighted by Gasteiger charge is 1.98. The maximum Gasteiger partial charge on any atom is 0.330 e. The van der Waals surface area contributed by atoms with Gasteiger partial charge in [0, 0.05) is 13.2 Å². The number of hydrogen-bond donors (Lipinski definition) is 2. The first-order valence-corrected chi connectivity index (χ1v) is 3.50. The molecule has 1 aromatic heterocycles. The molecule has 0 aliphatic heterocycles. The Morgan fingerprint density at radius 2 is 2.33 bits per heavy atom. The normalized spacial score (nSPS) is 10.1. The van der Waals surface area contributed by atoms with E-state index in [-0.39, 0.29) is 6.61 Å². The lowest BCUT2D eigenvalue weighted by molar-refractivity contribution is 0.278. The Morgan fingerprint density at radius 1 is 1.58 bits per heavy atom. The third-order valence-electron chi connectivity index (χ3n) is 1.38. The molecule has 0 radical (unpaired) electrons. The molecule has 1 aromatic rings. The molecule has 0 bridgehead atoms. The summed E-state index contributed by atoms with van der Waals surface area (Å²) in [7, 11) is 0. The molecule has 66 valence electrons. The summed E-state index contributed by atoms with van der Waals surface area (Å²) in [5.41, 5.74) is -1.38. The quantitative estimate of drug-likeness (QED) is 0.531. The molecule has 0 fully saturated rings. The summed E-state index contributed by atoms with van der Waals surface area (Å²) in [6.45, 7) is 0.297. The summed E-state index contributed by atoms with van der Waals surface area (Å²) in [5.74, 6) is 0. The van der Waals surface area contributed by atoms with Crippen LogP contribution in [0, 0.1) is 0 Å². The molecule has 2 N–H and O–H groups in total. The summed E-state index contributed by atoms with van der Waals surface area (Å²) in [6.07, 6.45) is 1.67. The van der Waals surface area contributed by atoms with Gasteiger partial charge in [0.25, 0.3) is 0 Å². The fourth-order valence-corrected chi connectivity index (χ4v) is 0.788. The zero-order valence-electron chi connectivity index (χ0n) is 6.36. The van der Waals surface area contributed by atoms with Crippen LogP contribution < -0.4 is 11.1 Å². The van der Waals surface area contributed by atoms with Crippen molar-refractivity contribution >= 4 is 0 Å². The summed E-state index contributed by atoms with van der Waals surface area (Å²) >= 11 is 0. The molecular formula is C6H9N3O3. The summed E-state index contributed by atoms with van der Waals surface area (Å²) in [6, 6.07) is 0. The SMILES string of the molecule is O=c1[nH]ncn(CCCO)c1=O. The van der Waals surface area contributed by atoms with Gasteiger partial charge in [-0.25, -0.2) is 5.10 Å². The number of nitrogens with one attached hydrogen (secondary N) is 1. The number of hydrogen-bond acceptors (Lipinski definition) is 4. The summed E-state index contributed by atoms with van der Waals surface area (Å²) < 4.78 is 1.16. The van der Waals surface area contributed by atoms with Crippen LogP contribution in [0.1, 0.15) is 6.42 Å². The van der Waals surface area contributed by atoms with Crippen molar-refractivity contribution < 1.29 is 5.11 Å². The second kappa shape index (κ2) is 3.82. The van der Waals surface area contributed by atoms with Gasteiger partial charge in [0.1, 0.15) is 6.33 Å². The second-order valence-corrected chi connectivity index (χ2v) is 2.26. The Bertz CT molecular complexity index is 354. The molecular weight excluding hydrogens is 162 g/mol. The Hall–Kier alpha value is -1.43. The maximum atomic E-state index is 11.0. The predicted molar refractivity (Wildman–Crippen MR) is 40.8 cm³/mol. The monoisotopic (exact) mass is 171 g/mol. The Balaban J connectivity index is 2.93. The highest BCUT2D eigenvalue weighted by Crippen LogP contribution is 1.80. The van der Waals surface area contributed by atoms with Gasteiger partial charge in [-0.2, -0.15) is 5.10 Å². The lowest BCUT2D eigenvalue weighted by Gasteiger charge is -1.99. The zero-order chi connectivity index (χ0) is 8.97. The molecule has 0 saturated heterocycles. The van der Waals surface area contributed by atoms with Crippen LogP contribution in [0.5, 0.6) is 0 Å². The van der Waals surface area contributed by atoms with E-state index in [1.165, 1.54) is 6.33 Å². The first kappa shape index (κ1) is 8.66. The number of aliphatic hydroxyl groups is 1. The molecule has 1 rings (SSSR count). The van der Waals surface area contributed by atoms with E-state index in [1.807, 2.05) is 5.10 Å². The lowest BCUT2D eigenvalue weighted by Crippen LogP contribution is -2.36. The molecule has 0 aromatic carbocycles. The third-order valence-corrected chi connectivity index (χ3v) is 1.38. The van der Waals surface area contributed by atoms with Crippen molar-refractivity contribution in [3.8, 4) is 0 Å². The summed E-state index contributed by atoms with van der Waals surface area (Å²) in [5, 5.41) is 13.9. The van der Waals surface area contributed by atoms with E-state index < -0.39 is 11.1 Å². The highest BCUT2D eigenvalue weighted by atomic mass is 16.3. The van der Waals surface area contributed by atoms with Crippen LogP contribution in [0.2, 0.25) is 0 Å². The Kier molecular flexibility index (Phi) is 2.76. The average molecular weight is 171 g/mol.